The number of carbonyl (C=O) groups excluding carboxylic acids is 2. The second-order valence-corrected chi connectivity index (χ2v) is 8.18. The van der Waals surface area contributed by atoms with Gasteiger partial charge in [0.05, 0.1) is 4.90 Å². The van der Waals surface area contributed by atoms with Crippen LogP contribution < -0.4 is 10.6 Å². The van der Waals surface area contributed by atoms with Gasteiger partial charge in [-0.3, -0.25) is 10.1 Å². The first-order chi connectivity index (χ1) is 11.0. The highest BCUT2D eigenvalue weighted by molar-refractivity contribution is 7.82. The third-order valence-corrected chi connectivity index (χ3v) is 6.74. The first-order valence-corrected chi connectivity index (χ1v) is 8.86. The van der Waals surface area contributed by atoms with Gasteiger partial charge in [0.1, 0.15) is 21.7 Å². The number of urea groups is 1. The molecule has 1 aromatic heterocycles. The van der Waals surface area contributed by atoms with E-state index in [1.807, 2.05) is 0 Å². The van der Waals surface area contributed by atoms with Crippen molar-refractivity contribution < 1.29 is 13.8 Å². The quantitative estimate of drug-likeness (QED) is 0.607. The van der Waals surface area contributed by atoms with E-state index in [1.54, 1.807) is 16.4 Å². The minimum Gasteiger partial charge on any atom is -0.323 e. The Labute approximate surface area is 140 Å². The van der Waals surface area contributed by atoms with Gasteiger partial charge in [-0.1, -0.05) is 11.6 Å². The van der Waals surface area contributed by atoms with Crippen LogP contribution in [0.15, 0.2) is 23.2 Å². The average molecular weight is 355 g/mol. The van der Waals surface area contributed by atoms with Gasteiger partial charge in [-0.05, 0) is 31.4 Å². The van der Waals surface area contributed by atoms with E-state index in [-0.39, 0.29) is 11.3 Å². The molecule has 3 aliphatic rings. The Kier molecular flexibility index (Phi) is 3.26. The molecule has 3 amide bonds. The number of pyridine rings is 1. The molecule has 9 heteroatoms. The fourth-order valence-electron chi connectivity index (χ4n) is 4.00. The largest absolute Gasteiger partial charge is 0.323 e. The van der Waals surface area contributed by atoms with Crippen molar-refractivity contribution >= 4 is 34.5 Å². The zero-order chi connectivity index (χ0) is 16.2. The zero-order valence-corrected chi connectivity index (χ0v) is 13.7. The Morgan fingerprint density at radius 1 is 1.26 bits per heavy atom. The molecule has 2 aliphatic heterocycles. The van der Waals surface area contributed by atoms with E-state index in [2.05, 4.69) is 15.6 Å². The van der Waals surface area contributed by atoms with Crippen LogP contribution in [0.3, 0.4) is 0 Å². The van der Waals surface area contributed by atoms with Crippen molar-refractivity contribution in [2.24, 2.45) is 5.41 Å². The molecule has 1 aromatic rings. The van der Waals surface area contributed by atoms with Gasteiger partial charge in [0, 0.05) is 24.7 Å². The van der Waals surface area contributed by atoms with Crippen molar-refractivity contribution in [2.45, 2.75) is 29.7 Å². The topological polar surface area (TPSA) is 91.4 Å². The minimum atomic E-state index is -1.34. The molecule has 0 bridgehead atoms. The van der Waals surface area contributed by atoms with E-state index >= 15 is 0 Å². The van der Waals surface area contributed by atoms with Gasteiger partial charge in [-0.25, -0.2) is 18.3 Å². The van der Waals surface area contributed by atoms with E-state index in [0.29, 0.717) is 29.6 Å². The molecular formula is C14H15ClN4O3S. The number of hydrogen-bond donors (Lipinski definition) is 2. The zero-order valence-electron chi connectivity index (χ0n) is 12.2. The maximum Gasteiger partial charge on any atom is 0.322 e. The number of fused-ring (bicyclic) bond motifs is 1. The number of rotatable bonds is 2. The van der Waals surface area contributed by atoms with E-state index in [1.165, 1.54) is 6.20 Å². The molecule has 2 spiro atoms. The van der Waals surface area contributed by atoms with Crippen LogP contribution in [0.5, 0.6) is 0 Å². The number of carbonyl (C=O) groups is 2. The van der Waals surface area contributed by atoms with Gasteiger partial charge in [0.2, 0.25) is 0 Å². The normalized spacial score (nSPS) is 30.3. The summed E-state index contributed by atoms with van der Waals surface area (Å²) in [5.74, 6) is -0.251. The molecule has 2 atom stereocenters. The van der Waals surface area contributed by atoms with Gasteiger partial charge in [-0.15, -0.1) is 0 Å². The second kappa shape index (κ2) is 4.99. The summed E-state index contributed by atoms with van der Waals surface area (Å²) in [6.07, 6.45) is 3.84. The first kappa shape index (κ1) is 15.0. The van der Waals surface area contributed by atoms with Gasteiger partial charge in [-0.2, -0.15) is 0 Å². The van der Waals surface area contributed by atoms with Crippen LogP contribution in [-0.4, -0.2) is 44.1 Å². The van der Waals surface area contributed by atoms with Crippen molar-refractivity contribution in [2.75, 3.05) is 13.1 Å². The van der Waals surface area contributed by atoms with Crippen LogP contribution in [0.4, 0.5) is 4.79 Å². The van der Waals surface area contributed by atoms with Crippen LogP contribution >= 0.6 is 11.6 Å². The Hall–Kier alpha value is -1.51. The minimum absolute atomic E-state index is 0.251. The SMILES string of the molecule is O=C1NC(=O)C2(CCCC23CN(S(=O)c2ccc(Cl)nc2)C3)N1. The summed E-state index contributed by atoms with van der Waals surface area (Å²) < 4.78 is 14.4. The summed E-state index contributed by atoms with van der Waals surface area (Å²) in [5, 5.41) is 5.52. The molecule has 0 aromatic carbocycles. The molecule has 1 aliphatic carbocycles. The third-order valence-electron chi connectivity index (χ3n) is 5.15. The molecule has 23 heavy (non-hydrogen) atoms. The van der Waals surface area contributed by atoms with Gasteiger partial charge < -0.3 is 5.32 Å². The van der Waals surface area contributed by atoms with Crippen LogP contribution in [-0.2, 0) is 15.8 Å². The van der Waals surface area contributed by atoms with E-state index in [9.17, 15) is 13.8 Å². The van der Waals surface area contributed by atoms with Crippen molar-refractivity contribution in [1.29, 1.82) is 0 Å². The van der Waals surface area contributed by atoms with Crippen LogP contribution in [0, 0.1) is 5.41 Å². The van der Waals surface area contributed by atoms with E-state index < -0.39 is 22.6 Å². The van der Waals surface area contributed by atoms with Crippen LogP contribution in [0.1, 0.15) is 19.3 Å². The maximum absolute atomic E-state index is 12.6. The number of nitrogens with zero attached hydrogens (tertiary/aromatic N) is 2. The molecule has 2 saturated heterocycles. The van der Waals surface area contributed by atoms with Gasteiger partial charge >= 0.3 is 6.03 Å². The van der Waals surface area contributed by atoms with Gasteiger partial charge in [0.15, 0.2) is 0 Å². The monoisotopic (exact) mass is 354 g/mol. The lowest BCUT2D eigenvalue weighted by Gasteiger charge is -2.53. The molecule has 2 N–H and O–H groups in total. The summed E-state index contributed by atoms with van der Waals surface area (Å²) in [7, 11) is -1.34. The standard InChI is InChI=1S/C14H15ClN4O3S/c15-10-3-2-9(6-16-10)23(22)19-7-13(8-19)4-1-5-14(13)11(20)17-12(21)18-14/h2-3,6H,1,4-5,7-8H2,(H2,17,18,20,21). The third kappa shape index (κ3) is 2.05. The molecular weight excluding hydrogens is 340 g/mol. The lowest BCUT2D eigenvalue weighted by Crippen LogP contribution is -2.70. The average Bonchev–Trinajstić information content (AvgIpc) is 2.99. The number of amides is 3. The number of aromatic nitrogens is 1. The number of imide groups is 1. The molecule has 4 rings (SSSR count). The van der Waals surface area contributed by atoms with Crippen LogP contribution in [0.2, 0.25) is 5.15 Å². The van der Waals surface area contributed by atoms with Gasteiger partial charge in [0.25, 0.3) is 5.91 Å². The molecule has 7 nitrogen and oxygen atoms in total. The summed E-state index contributed by atoms with van der Waals surface area (Å²) in [4.78, 5) is 28.4. The fourth-order valence-corrected chi connectivity index (χ4v) is 5.47. The van der Waals surface area contributed by atoms with Crippen molar-refractivity contribution in [3.8, 4) is 0 Å². The molecule has 3 fully saturated rings. The molecule has 1 saturated carbocycles. The summed E-state index contributed by atoms with van der Waals surface area (Å²) in [5.41, 5.74) is -1.18. The fraction of sp³-hybridized carbons (Fsp3) is 0.500. The lowest BCUT2D eigenvalue weighted by molar-refractivity contribution is -0.131. The summed E-state index contributed by atoms with van der Waals surface area (Å²) in [6.45, 7) is 1.02. The van der Waals surface area contributed by atoms with Crippen molar-refractivity contribution in [1.82, 2.24) is 19.9 Å². The number of nitrogens with one attached hydrogen (secondary N) is 2. The number of halogens is 1. The van der Waals surface area contributed by atoms with Crippen molar-refractivity contribution in [3.63, 3.8) is 0 Å². The highest BCUT2D eigenvalue weighted by Gasteiger charge is 2.68. The van der Waals surface area contributed by atoms with Crippen LogP contribution in [0.25, 0.3) is 0 Å². The Balaban J connectivity index is 1.54. The maximum atomic E-state index is 12.6. The number of hydrogen-bond acceptors (Lipinski definition) is 4. The highest BCUT2D eigenvalue weighted by atomic mass is 35.5. The lowest BCUT2D eigenvalue weighted by atomic mass is 9.67. The predicted octanol–water partition coefficient (Wildman–Crippen LogP) is 0.822. The summed E-state index contributed by atoms with van der Waals surface area (Å²) in [6, 6.07) is 2.86. The Morgan fingerprint density at radius 3 is 2.65 bits per heavy atom. The predicted molar refractivity (Wildman–Crippen MR) is 82.9 cm³/mol. The smallest absolute Gasteiger partial charge is 0.322 e. The highest BCUT2D eigenvalue weighted by Crippen LogP contribution is 2.54. The Morgan fingerprint density at radius 2 is 2.04 bits per heavy atom. The molecule has 122 valence electrons. The molecule has 0 radical (unpaired) electrons. The summed E-state index contributed by atoms with van der Waals surface area (Å²) >= 11 is 5.75. The van der Waals surface area contributed by atoms with E-state index in [0.717, 1.165) is 12.8 Å². The van der Waals surface area contributed by atoms with Crippen molar-refractivity contribution in [3.05, 3.63) is 23.5 Å². The second-order valence-electron chi connectivity index (χ2n) is 6.31. The Bertz CT molecular complexity index is 719. The first-order valence-electron chi connectivity index (χ1n) is 7.38. The molecule has 2 unspecified atom stereocenters. The molecule has 3 heterocycles. The van der Waals surface area contributed by atoms with E-state index in [4.69, 9.17) is 11.6 Å².